The van der Waals surface area contributed by atoms with Crippen molar-refractivity contribution in [3.05, 3.63) is 57.6 Å². The largest absolute Gasteiger partial charge is 0.486 e. The van der Waals surface area contributed by atoms with Crippen LogP contribution >= 0.6 is 22.7 Å². The molecule has 1 aromatic carbocycles. The fourth-order valence-electron chi connectivity index (χ4n) is 3.11. The second-order valence-corrected chi connectivity index (χ2v) is 8.79. The van der Waals surface area contributed by atoms with Gasteiger partial charge in [-0.1, -0.05) is 6.07 Å². The minimum atomic E-state index is -0.0443. The SMILES string of the molecule is CN(C)C(CNC(=O)c1ccc(-c2ccc3c(c2)OCCO3)s1)c1cccs1. The number of nitrogens with one attached hydrogen (secondary N) is 1. The molecule has 0 saturated heterocycles. The lowest BCUT2D eigenvalue weighted by Gasteiger charge is -2.23. The van der Waals surface area contributed by atoms with Gasteiger partial charge in [0, 0.05) is 16.3 Å². The first-order valence-corrected chi connectivity index (χ1v) is 10.8. The van der Waals surface area contributed by atoms with Crippen LogP contribution in [0.15, 0.2) is 47.8 Å². The van der Waals surface area contributed by atoms with E-state index in [1.54, 1.807) is 11.3 Å². The summed E-state index contributed by atoms with van der Waals surface area (Å²) in [5, 5.41) is 5.14. The Morgan fingerprint density at radius 1 is 1.14 bits per heavy atom. The summed E-state index contributed by atoms with van der Waals surface area (Å²) in [5.41, 5.74) is 1.03. The third kappa shape index (κ3) is 4.06. The van der Waals surface area contributed by atoms with E-state index in [-0.39, 0.29) is 11.9 Å². The molecular formula is C21H22N2O3S2. The average Bonchev–Trinajstić information content (AvgIpc) is 3.40. The molecular weight excluding hydrogens is 392 g/mol. The minimum absolute atomic E-state index is 0.0443. The first kappa shape index (κ1) is 19.0. The fourth-order valence-corrected chi connectivity index (χ4v) is 4.95. The number of hydrogen-bond donors (Lipinski definition) is 1. The van der Waals surface area contributed by atoms with Crippen molar-refractivity contribution in [1.82, 2.24) is 10.2 Å². The number of hydrogen-bond acceptors (Lipinski definition) is 6. The van der Waals surface area contributed by atoms with Gasteiger partial charge in [0.2, 0.25) is 0 Å². The Balaban J connectivity index is 1.44. The Labute approximate surface area is 172 Å². The zero-order valence-corrected chi connectivity index (χ0v) is 17.4. The van der Waals surface area contributed by atoms with Crippen molar-refractivity contribution in [3.63, 3.8) is 0 Å². The topological polar surface area (TPSA) is 50.8 Å². The monoisotopic (exact) mass is 414 g/mol. The number of carbonyl (C=O) groups excluding carboxylic acids is 1. The molecule has 0 spiro atoms. The molecule has 0 radical (unpaired) electrons. The molecule has 2 aromatic heterocycles. The first-order valence-electron chi connectivity index (χ1n) is 9.09. The number of likely N-dealkylation sites (N-methyl/N-ethyl adjacent to an activating group) is 1. The Morgan fingerprint density at radius 3 is 2.71 bits per heavy atom. The summed E-state index contributed by atoms with van der Waals surface area (Å²) in [6, 6.07) is 14.1. The smallest absolute Gasteiger partial charge is 0.261 e. The summed E-state index contributed by atoms with van der Waals surface area (Å²) in [6.45, 7) is 1.71. The van der Waals surface area contributed by atoms with Crippen LogP contribution in [0, 0.1) is 0 Å². The molecule has 3 aromatic rings. The van der Waals surface area contributed by atoms with E-state index in [1.165, 1.54) is 16.2 Å². The number of ether oxygens (including phenoxy) is 2. The number of rotatable bonds is 6. The molecule has 5 nitrogen and oxygen atoms in total. The molecule has 4 rings (SSSR count). The van der Waals surface area contributed by atoms with E-state index in [9.17, 15) is 4.79 Å². The molecule has 0 fully saturated rings. The summed E-state index contributed by atoms with van der Waals surface area (Å²) >= 11 is 3.19. The predicted molar refractivity (Wildman–Crippen MR) is 114 cm³/mol. The Kier molecular flexibility index (Phi) is 5.66. The summed E-state index contributed by atoms with van der Waals surface area (Å²) in [4.78, 5) is 17.8. The van der Waals surface area contributed by atoms with E-state index in [2.05, 4.69) is 21.7 Å². The summed E-state index contributed by atoms with van der Waals surface area (Å²) in [6.07, 6.45) is 0. The number of fused-ring (bicyclic) bond motifs is 1. The molecule has 0 saturated carbocycles. The molecule has 1 aliphatic rings. The van der Waals surface area contributed by atoms with E-state index in [0.29, 0.717) is 24.6 Å². The van der Waals surface area contributed by atoms with E-state index >= 15 is 0 Å². The third-order valence-corrected chi connectivity index (χ3v) is 6.71. The maximum absolute atomic E-state index is 12.7. The number of amides is 1. The van der Waals surface area contributed by atoms with Gasteiger partial charge in [-0.2, -0.15) is 0 Å². The average molecular weight is 415 g/mol. The van der Waals surface area contributed by atoms with Gasteiger partial charge in [-0.05, 0) is 61.4 Å². The zero-order chi connectivity index (χ0) is 19.5. The van der Waals surface area contributed by atoms with Crippen molar-refractivity contribution >= 4 is 28.6 Å². The summed E-state index contributed by atoms with van der Waals surface area (Å²) in [7, 11) is 4.06. The van der Waals surface area contributed by atoms with Gasteiger partial charge >= 0.3 is 0 Å². The summed E-state index contributed by atoms with van der Waals surface area (Å²) < 4.78 is 11.2. The molecule has 3 heterocycles. The van der Waals surface area contributed by atoms with Crippen molar-refractivity contribution in [3.8, 4) is 21.9 Å². The zero-order valence-electron chi connectivity index (χ0n) is 15.8. The molecule has 1 atom stereocenters. The van der Waals surface area contributed by atoms with Crippen LogP contribution in [0.5, 0.6) is 11.5 Å². The van der Waals surface area contributed by atoms with Gasteiger partial charge in [0.1, 0.15) is 13.2 Å². The lowest BCUT2D eigenvalue weighted by atomic mass is 10.1. The molecule has 1 N–H and O–H groups in total. The van der Waals surface area contributed by atoms with Crippen LogP contribution in [0.4, 0.5) is 0 Å². The highest BCUT2D eigenvalue weighted by atomic mass is 32.1. The quantitative estimate of drug-likeness (QED) is 0.654. The molecule has 1 aliphatic heterocycles. The highest BCUT2D eigenvalue weighted by Gasteiger charge is 2.18. The van der Waals surface area contributed by atoms with Crippen LogP contribution in [-0.4, -0.2) is 44.7 Å². The van der Waals surface area contributed by atoms with Crippen molar-refractivity contribution in [2.24, 2.45) is 0 Å². The van der Waals surface area contributed by atoms with Crippen molar-refractivity contribution in [2.75, 3.05) is 33.9 Å². The van der Waals surface area contributed by atoms with Gasteiger partial charge in [-0.3, -0.25) is 4.79 Å². The maximum atomic E-state index is 12.7. The van der Waals surface area contributed by atoms with Crippen molar-refractivity contribution in [2.45, 2.75) is 6.04 Å². The molecule has 7 heteroatoms. The summed E-state index contributed by atoms with van der Waals surface area (Å²) in [5.74, 6) is 1.48. The van der Waals surface area contributed by atoms with Crippen LogP contribution in [0.2, 0.25) is 0 Å². The number of carbonyl (C=O) groups is 1. The Morgan fingerprint density at radius 2 is 1.96 bits per heavy atom. The van der Waals surface area contributed by atoms with E-state index < -0.39 is 0 Å². The van der Waals surface area contributed by atoms with Gasteiger partial charge in [0.25, 0.3) is 5.91 Å². The predicted octanol–water partition coefficient (Wildman–Crippen LogP) is 4.28. The fraction of sp³-hybridized carbons (Fsp3) is 0.286. The standard InChI is InChI=1S/C21H22N2O3S2/c1-23(2)15(19-4-3-11-27-19)13-22-21(24)20-8-7-18(28-20)14-5-6-16-17(12-14)26-10-9-25-16/h3-8,11-12,15H,9-10,13H2,1-2H3,(H,22,24). The van der Waals surface area contributed by atoms with Crippen LogP contribution in [-0.2, 0) is 0 Å². The van der Waals surface area contributed by atoms with Gasteiger partial charge in [-0.15, -0.1) is 22.7 Å². The van der Waals surface area contributed by atoms with E-state index in [4.69, 9.17) is 9.47 Å². The number of thiophene rings is 2. The number of nitrogens with zero attached hydrogens (tertiary/aromatic N) is 1. The maximum Gasteiger partial charge on any atom is 0.261 e. The Hall–Kier alpha value is -2.35. The van der Waals surface area contributed by atoms with Crippen LogP contribution < -0.4 is 14.8 Å². The highest BCUT2D eigenvalue weighted by molar-refractivity contribution is 7.17. The Bertz CT molecular complexity index is 950. The van der Waals surface area contributed by atoms with Crippen LogP contribution in [0.3, 0.4) is 0 Å². The second-order valence-electron chi connectivity index (χ2n) is 6.73. The highest BCUT2D eigenvalue weighted by Crippen LogP contribution is 2.37. The van der Waals surface area contributed by atoms with E-state index in [1.807, 2.05) is 50.5 Å². The third-order valence-electron chi connectivity index (χ3n) is 4.61. The molecule has 146 valence electrons. The molecule has 1 amide bonds. The van der Waals surface area contributed by atoms with E-state index in [0.717, 1.165) is 21.9 Å². The van der Waals surface area contributed by atoms with Gasteiger partial charge < -0.3 is 19.7 Å². The van der Waals surface area contributed by atoms with Crippen molar-refractivity contribution in [1.29, 1.82) is 0 Å². The normalized spacial score (nSPS) is 14.1. The van der Waals surface area contributed by atoms with Gasteiger partial charge in [-0.25, -0.2) is 0 Å². The van der Waals surface area contributed by atoms with Gasteiger partial charge in [0.05, 0.1) is 10.9 Å². The van der Waals surface area contributed by atoms with Gasteiger partial charge in [0.15, 0.2) is 11.5 Å². The molecule has 0 bridgehead atoms. The van der Waals surface area contributed by atoms with Crippen LogP contribution in [0.25, 0.3) is 10.4 Å². The van der Waals surface area contributed by atoms with Crippen molar-refractivity contribution < 1.29 is 14.3 Å². The minimum Gasteiger partial charge on any atom is -0.486 e. The lowest BCUT2D eigenvalue weighted by Crippen LogP contribution is -2.33. The first-order chi connectivity index (χ1) is 13.6. The van der Waals surface area contributed by atoms with Crippen LogP contribution in [0.1, 0.15) is 20.6 Å². The number of benzene rings is 1. The second kappa shape index (κ2) is 8.34. The molecule has 28 heavy (non-hydrogen) atoms. The lowest BCUT2D eigenvalue weighted by molar-refractivity contribution is 0.0946. The molecule has 0 aliphatic carbocycles. The molecule has 1 unspecified atom stereocenters.